The first-order valence-corrected chi connectivity index (χ1v) is 7.81. The highest BCUT2D eigenvalue weighted by Crippen LogP contribution is 2.35. The largest absolute Gasteiger partial charge is 0.490 e. The van der Waals surface area contributed by atoms with Crippen LogP contribution in [0, 0.1) is 6.92 Å². The van der Waals surface area contributed by atoms with E-state index >= 15 is 0 Å². The third-order valence-electron chi connectivity index (χ3n) is 4.42. The van der Waals surface area contributed by atoms with Crippen molar-refractivity contribution in [1.82, 2.24) is 4.98 Å². The molecule has 0 amide bonds. The SMILES string of the molecule is Cc1nc2cccc(O[C@H]3CC[C@H](N)CC3)c2c(N)c1C(=O)O.Cl. The Morgan fingerprint density at radius 3 is 2.58 bits per heavy atom. The van der Waals surface area contributed by atoms with Gasteiger partial charge in [0.05, 0.1) is 28.4 Å². The smallest absolute Gasteiger partial charge is 0.339 e. The number of hydrogen-bond donors (Lipinski definition) is 3. The van der Waals surface area contributed by atoms with Gasteiger partial charge < -0.3 is 21.3 Å². The molecular weight excluding hydrogens is 330 g/mol. The standard InChI is InChI=1S/C17H21N3O3.ClH/c1-9-14(17(21)22)16(19)15-12(20-9)3-2-4-13(15)23-11-7-5-10(18)6-8-11;/h2-4,10-11H,5-8,18H2,1H3,(H2,19,20)(H,21,22);1H/t10-,11-;. The van der Waals surface area contributed by atoms with Gasteiger partial charge in [0, 0.05) is 6.04 Å². The van der Waals surface area contributed by atoms with Crippen molar-refractivity contribution in [2.75, 3.05) is 5.73 Å². The van der Waals surface area contributed by atoms with Crippen LogP contribution in [0.3, 0.4) is 0 Å². The number of anilines is 1. The van der Waals surface area contributed by atoms with Crippen LogP contribution in [-0.4, -0.2) is 28.2 Å². The summed E-state index contributed by atoms with van der Waals surface area (Å²) in [7, 11) is 0. The monoisotopic (exact) mass is 351 g/mol. The van der Waals surface area contributed by atoms with Gasteiger partial charge in [0.1, 0.15) is 11.3 Å². The van der Waals surface area contributed by atoms with Crippen molar-refractivity contribution >= 4 is 35.0 Å². The van der Waals surface area contributed by atoms with Gasteiger partial charge in [0.2, 0.25) is 0 Å². The highest BCUT2D eigenvalue weighted by molar-refractivity contribution is 6.06. The Morgan fingerprint density at radius 1 is 1.29 bits per heavy atom. The molecule has 130 valence electrons. The summed E-state index contributed by atoms with van der Waals surface area (Å²) in [6.07, 6.45) is 3.73. The molecule has 1 fully saturated rings. The molecule has 1 aromatic heterocycles. The Balaban J connectivity index is 0.00000208. The highest BCUT2D eigenvalue weighted by atomic mass is 35.5. The van der Waals surface area contributed by atoms with Crippen molar-refractivity contribution in [2.45, 2.75) is 44.8 Å². The number of nitrogens with zero attached hydrogens (tertiary/aromatic N) is 1. The van der Waals surface area contributed by atoms with Gasteiger partial charge in [-0.05, 0) is 44.7 Å². The van der Waals surface area contributed by atoms with E-state index in [4.69, 9.17) is 16.2 Å². The molecule has 3 rings (SSSR count). The minimum Gasteiger partial charge on any atom is -0.490 e. The quantitative estimate of drug-likeness (QED) is 0.783. The number of halogens is 1. The molecule has 24 heavy (non-hydrogen) atoms. The fraction of sp³-hybridized carbons (Fsp3) is 0.412. The second-order valence-corrected chi connectivity index (χ2v) is 6.10. The van der Waals surface area contributed by atoms with E-state index in [0.717, 1.165) is 25.7 Å². The number of benzene rings is 1. The average Bonchev–Trinajstić information content (AvgIpc) is 2.49. The third kappa shape index (κ3) is 3.39. The molecule has 1 aliphatic rings. The third-order valence-corrected chi connectivity index (χ3v) is 4.42. The van der Waals surface area contributed by atoms with Gasteiger partial charge in [-0.25, -0.2) is 4.79 Å². The second-order valence-electron chi connectivity index (χ2n) is 6.10. The lowest BCUT2D eigenvalue weighted by molar-refractivity contribution is 0.0697. The molecule has 5 N–H and O–H groups in total. The number of hydrogen-bond acceptors (Lipinski definition) is 5. The van der Waals surface area contributed by atoms with Crippen molar-refractivity contribution in [2.24, 2.45) is 5.73 Å². The highest BCUT2D eigenvalue weighted by Gasteiger charge is 2.23. The number of carboxylic acid groups (broad SMARTS) is 1. The van der Waals surface area contributed by atoms with E-state index in [1.807, 2.05) is 18.2 Å². The number of aryl methyl sites for hydroxylation is 1. The molecule has 0 unspecified atom stereocenters. The zero-order valence-electron chi connectivity index (χ0n) is 13.5. The number of ether oxygens (including phenoxy) is 1. The Hall–Kier alpha value is -2.05. The first kappa shape index (κ1) is 18.3. The Kier molecular flexibility index (Phi) is 5.51. The molecule has 1 aliphatic carbocycles. The summed E-state index contributed by atoms with van der Waals surface area (Å²) in [6.45, 7) is 1.65. The fourth-order valence-electron chi connectivity index (χ4n) is 3.19. The van der Waals surface area contributed by atoms with E-state index in [2.05, 4.69) is 4.98 Å². The maximum absolute atomic E-state index is 11.4. The molecule has 1 aromatic carbocycles. The van der Waals surface area contributed by atoms with Crippen LogP contribution in [0.5, 0.6) is 5.75 Å². The van der Waals surface area contributed by atoms with Gasteiger partial charge in [-0.1, -0.05) is 6.07 Å². The molecule has 0 radical (unpaired) electrons. The molecule has 0 aliphatic heterocycles. The molecule has 7 heteroatoms. The molecule has 2 aromatic rings. The maximum Gasteiger partial charge on any atom is 0.339 e. The van der Waals surface area contributed by atoms with Crippen LogP contribution in [0.25, 0.3) is 10.9 Å². The van der Waals surface area contributed by atoms with E-state index in [1.165, 1.54) is 0 Å². The molecule has 0 atom stereocenters. The van der Waals surface area contributed by atoms with Crippen molar-refractivity contribution in [3.05, 3.63) is 29.5 Å². The number of rotatable bonds is 3. The maximum atomic E-state index is 11.4. The lowest BCUT2D eigenvalue weighted by atomic mass is 9.93. The predicted molar refractivity (Wildman–Crippen MR) is 96.0 cm³/mol. The van der Waals surface area contributed by atoms with Crippen LogP contribution in [-0.2, 0) is 0 Å². The molecule has 0 bridgehead atoms. The minimum atomic E-state index is -1.08. The fourth-order valence-corrected chi connectivity index (χ4v) is 3.19. The number of nitrogen functional groups attached to an aromatic ring is 1. The molecule has 0 spiro atoms. The molecule has 1 saturated carbocycles. The lowest BCUT2D eigenvalue weighted by Gasteiger charge is -2.27. The second kappa shape index (κ2) is 7.23. The Morgan fingerprint density at radius 2 is 1.96 bits per heavy atom. The first-order valence-electron chi connectivity index (χ1n) is 7.81. The van der Waals surface area contributed by atoms with Crippen LogP contribution in [0.2, 0.25) is 0 Å². The van der Waals surface area contributed by atoms with Crippen molar-refractivity contribution in [1.29, 1.82) is 0 Å². The topological polar surface area (TPSA) is 111 Å². The van der Waals surface area contributed by atoms with Gasteiger partial charge in [0.15, 0.2) is 0 Å². The Bertz CT molecular complexity index is 758. The zero-order chi connectivity index (χ0) is 16.6. The van der Waals surface area contributed by atoms with Crippen LogP contribution < -0.4 is 16.2 Å². The number of pyridine rings is 1. The Labute approximate surface area is 146 Å². The van der Waals surface area contributed by atoms with E-state index < -0.39 is 5.97 Å². The van der Waals surface area contributed by atoms with Gasteiger partial charge >= 0.3 is 5.97 Å². The number of aromatic carboxylic acids is 1. The number of carbonyl (C=O) groups is 1. The van der Waals surface area contributed by atoms with Gasteiger partial charge in [-0.3, -0.25) is 4.98 Å². The van der Waals surface area contributed by atoms with E-state index in [-0.39, 0.29) is 35.8 Å². The van der Waals surface area contributed by atoms with E-state index in [9.17, 15) is 9.90 Å². The van der Waals surface area contributed by atoms with Gasteiger partial charge in [0.25, 0.3) is 0 Å². The zero-order valence-corrected chi connectivity index (χ0v) is 14.3. The van der Waals surface area contributed by atoms with E-state index in [0.29, 0.717) is 22.3 Å². The van der Waals surface area contributed by atoms with Crippen LogP contribution in [0.4, 0.5) is 5.69 Å². The van der Waals surface area contributed by atoms with Crippen molar-refractivity contribution in [3.63, 3.8) is 0 Å². The summed E-state index contributed by atoms with van der Waals surface area (Å²) < 4.78 is 6.10. The first-order chi connectivity index (χ1) is 11.0. The van der Waals surface area contributed by atoms with Crippen LogP contribution in [0.1, 0.15) is 41.7 Å². The normalized spacial score (nSPS) is 20.4. The minimum absolute atomic E-state index is 0. The molecular formula is C17H22ClN3O3. The molecule has 6 nitrogen and oxygen atoms in total. The summed E-state index contributed by atoms with van der Waals surface area (Å²) in [5.41, 5.74) is 13.4. The summed E-state index contributed by atoms with van der Waals surface area (Å²) in [4.78, 5) is 15.8. The van der Waals surface area contributed by atoms with Crippen LogP contribution >= 0.6 is 12.4 Å². The predicted octanol–water partition coefficient (Wildman–Crippen LogP) is 2.89. The molecule has 1 heterocycles. The summed E-state index contributed by atoms with van der Waals surface area (Å²) in [6, 6.07) is 5.72. The van der Waals surface area contributed by atoms with E-state index in [1.54, 1.807) is 6.92 Å². The molecule has 0 saturated heterocycles. The summed E-state index contributed by atoms with van der Waals surface area (Å²) in [5.74, 6) is -0.483. The number of aromatic nitrogens is 1. The average molecular weight is 352 g/mol. The number of nitrogens with two attached hydrogens (primary N) is 2. The number of carboxylic acids is 1. The number of fused-ring (bicyclic) bond motifs is 1. The summed E-state index contributed by atoms with van der Waals surface area (Å²) >= 11 is 0. The van der Waals surface area contributed by atoms with Crippen LogP contribution in [0.15, 0.2) is 18.2 Å². The van der Waals surface area contributed by atoms with Crippen molar-refractivity contribution in [3.8, 4) is 5.75 Å². The van der Waals surface area contributed by atoms with Gasteiger partial charge in [-0.2, -0.15) is 0 Å². The van der Waals surface area contributed by atoms with Gasteiger partial charge in [-0.15, -0.1) is 12.4 Å². The lowest BCUT2D eigenvalue weighted by Crippen LogP contribution is -2.31. The van der Waals surface area contributed by atoms with Crippen molar-refractivity contribution < 1.29 is 14.6 Å². The summed E-state index contributed by atoms with van der Waals surface area (Å²) in [5, 5.41) is 9.95.